The van der Waals surface area contributed by atoms with Crippen LogP contribution in [-0.2, 0) is 4.79 Å². The third kappa shape index (κ3) is 5.20. The fourth-order valence-electron chi connectivity index (χ4n) is 2.98. The summed E-state index contributed by atoms with van der Waals surface area (Å²) < 4.78 is 34.5. The molecule has 0 unspecified atom stereocenters. The number of aromatic nitrogens is 4. The van der Waals surface area contributed by atoms with Crippen LogP contribution in [-0.4, -0.2) is 38.5 Å². The molecule has 0 bridgehead atoms. The molecule has 7 nitrogen and oxygen atoms in total. The van der Waals surface area contributed by atoms with Crippen LogP contribution in [0.1, 0.15) is 0 Å². The van der Waals surface area contributed by atoms with Crippen LogP contribution in [0.25, 0.3) is 17.1 Å². The van der Waals surface area contributed by atoms with Gasteiger partial charge in [-0.1, -0.05) is 11.8 Å². The highest BCUT2D eigenvalue weighted by Gasteiger charge is 2.19. The third-order valence-corrected chi connectivity index (χ3v) is 6.04. The van der Waals surface area contributed by atoms with Crippen LogP contribution in [0.3, 0.4) is 0 Å². The minimum absolute atomic E-state index is 0.0788. The third-order valence-electron chi connectivity index (χ3n) is 4.49. The topological polar surface area (TPSA) is 81.9 Å². The standard InChI is InChI=1S/C22H16BrF2N5O2S/c1-32-16-6-4-15(5-7-16)30-21(13-3-2-8-26-11-13)28-29-22(30)33-12-19(31)27-20-17(23)9-14(24)10-18(20)25/h2-11H,12H2,1H3,(H,27,31). The van der Waals surface area contributed by atoms with Crippen molar-refractivity contribution >= 4 is 39.3 Å². The van der Waals surface area contributed by atoms with Gasteiger partial charge >= 0.3 is 0 Å². The molecule has 2 aromatic heterocycles. The van der Waals surface area contributed by atoms with Gasteiger partial charge < -0.3 is 10.1 Å². The number of nitrogens with zero attached hydrogens (tertiary/aromatic N) is 4. The highest BCUT2D eigenvalue weighted by atomic mass is 79.9. The van der Waals surface area contributed by atoms with E-state index in [-0.39, 0.29) is 15.9 Å². The van der Waals surface area contributed by atoms with Gasteiger partial charge in [-0.2, -0.15) is 0 Å². The number of pyridine rings is 1. The maximum absolute atomic E-state index is 14.0. The number of benzene rings is 2. The number of rotatable bonds is 7. The Balaban J connectivity index is 1.60. The highest BCUT2D eigenvalue weighted by Crippen LogP contribution is 2.30. The van der Waals surface area contributed by atoms with E-state index in [1.54, 1.807) is 42.3 Å². The van der Waals surface area contributed by atoms with Crippen molar-refractivity contribution in [2.24, 2.45) is 0 Å². The largest absolute Gasteiger partial charge is 0.497 e. The predicted molar refractivity (Wildman–Crippen MR) is 125 cm³/mol. The van der Waals surface area contributed by atoms with Crippen LogP contribution in [0, 0.1) is 11.6 Å². The Bertz CT molecular complexity index is 1260. The van der Waals surface area contributed by atoms with Crippen molar-refractivity contribution in [3.63, 3.8) is 0 Å². The molecule has 0 spiro atoms. The summed E-state index contributed by atoms with van der Waals surface area (Å²) in [6.07, 6.45) is 3.32. The molecule has 0 aliphatic heterocycles. The molecule has 0 atom stereocenters. The van der Waals surface area contributed by atoms with E-state index in [0.29, 0.717) is 22.8 Å². The molecule has 1 amide bonds. The molecule has 2 aromatic carbocycles. The number of halogens is 3. The van der Waals surface area contributed by atoms with Gasteiger partial charge in [0.1, 0.15) is 11.6 Å². The van der Waals surface area contributed by atoms with Gasteiger partial charge in [-0.15, -0.1) is 10.2 Å². The molecule has 0 aliphatic carbocycles. The molecular formula is C22H16BrF2N5O2S. The summed E-state index contributed by atoms with van der Waals surface area (Å²) in [5.41, 5.74) is 1.37. The van der Waals surface area contributed by atoms with E-state index in [0.717, 1.165) is 29.1 Å². The van der Waals surface area contributed by atoms with Crippen molar-refractivity contribution in [2.75, 3.05) is 18.2 Å². The fraction of sp³-hybridized carbons (Fsp3) is 0.0909. The molecule has 4 rings (SSSR count). The minimum Gasteiger partial charge on any atom is -0.497 e. The lowest BCUT2D eigenvalue weighted by Crippen LogP contribution is -2.16. The van der Waals surface area contributed by atoms with E-state index in [2.05, 4.69) is 36.4 Å². The van der Waals surface area contributed by atoms with E-state index in [9.17, 15) is 13.6 Å². The summed E-state index contributed by atoms with van der Waals surface area (Å²) in [4.78, 5) is 16.6. The van der Waals surface area contributed by atoms with Crippen molar-refractivity contribution in [3.8, 4) is 22.8 Å². The van der Waals surface area contributed by atoms with Crippen molar-refractivity contribution in [3.05, 3.63) is 77.0 Å². The summed E-state index contributed by atoms with van der Waals surface area (Å²) in [7, 11) is 1.58. The van der Waals surface area contributed by atoms with Gasteiger partial charge in [0.15, 0.2) is 16.8 Å². The van der Waals surface area contributed by atoms with Crippen LogP contribution < -0.4 is 10.1 Å². The molecule has 11 heteroatoms. The van der Waals surface area contributed by atoms with Gasteiger partial charge in [0, 0.05) is 34.2 Å². The van der Waals surface area contributed by atoms with Crippen LogP contribution in [0.4, 0.5) is 14.5 Å². The number of nitrogens with one attached hydrogen (secondary N) is 1. The minimum atomic E-state index is -0.875. The van der Waals surface area contributed by atoms with Gasteiger partial charge in [0.2, 0.25) is 5.91 Å². The molecule has 33 heavy (non-hydrogen) atoms. The first-order chi connectivity index (χ1) is 16.0. The number of thioether (sulfide) groups is 1. The summed E-state index contributed by atoms with van der Waals surface area (Å²) in [5.74, 6) is -0.954. The summed E-state index contributed by atoms with van der Waals surface area (Å²) in [6.45, 7) is 0. The lowest BCUT2D eigenvalue weighted by atomic mass is 10.2. The Labute approximate surface area is 200 Å². The van der Waals surface area contributed by atoms with Crippen LogP contribution in [0.2, 0.25) is 0 Å². The average Bonchev–Trinajstić information content (AvgIpc) is 3.24. The Morgan fingerprint density at radius 3 is 2.64 bits per heavy atom. The van der Waals surface area contributed by atoms with Crippen LogP contribution in [0.15, 0.2) is 70.6 Å². The molecule has 4 aromatic rings. The Hall–Kier alpha value is -3.31. The first-order valence-electron chi connectivity index (χ1n) is 9.53. The Morgan fingerprint density at radius 1 is 1.18 bits per heavy atom. The molecule has 0 radical (unpaired) electrons. The average molecular weight is 532 g/mol. The normalized spacial score (nSPS) is 10.8. The van der Waals surface area contributed by atoms with Gasteiger partial charge in [-0.3, -0.25) is 14.3 Å². The highest BCUT2D eigenvalue weighted by molar-refractivity contribution is 9.10. The number of anilines is 1. The van der Waals surface area contributed by atoms with E-state index in [1.807, 2.05) is 18.2 Å². The fourth-order valence-corrected chi connectivity index (χ4v) is 4.24. The summed E-state index contributed by atoms with van der Waals surface area (Å²) in [5, 5.41) is 11.4. The molecule has 1 N–H and O–H groups in total. The maximum Gasteiger partial charge on any atom is 0.234 e. The number of carbonyl (C=O) groups is 1. The second kappa shape index (κ2) is 10.1. The quantitative estimate of drug-likeness (QED) is 0.334. The smallest absolute Gasteiger partial charge is 0.234 e. The van der Waals surface area contributed by atoms with Crippen molar-refractivity contribution in [1.82, 2.24) is 19.7 Å². The summed E-state index contributed by atoms with van der Waals surface area (Å²) in [6, 6.07) is 12.7. The van der Waals surface area contributed by atoms with E-state index in [4.69, 9.17) is 4.74 Å². The maximum atomic E-state index is 14.0. The lowest BCUT2D eigenvalue weighted by Gasteiger charge is -2.11. The second-order valence-corrected chi connectivity index (χ2v) is 8.46. The number of carbonyl (C=O) groups excluding carboxylic acids is 1. The molecular weight excluding hydrogens is 516 g/mol. The zero-order chi connectivity index (χ0) is 23.4. The van der Waals surface area contributed by atoms with Gasteiger partial charge in [-0.25, -0.2) is 8.78 Å². The molecule has 0 fully saturated rings. The van der Waals surface area contributed by atoms with Crippen molar-refractivity contribution < 1.29 is 18.3 Å². The van der Waals surface area contributed by atoms with E-state index in [1.165, 1.54) is 0 Å². The van der Waals surface area contributed by atoms with Gasteiger partial charge in [0.25, 0.3) is 0 Å². The van der Waals surface area contributed by atoms with Crippen LogP contribution in [0.5, 0.6) is 5.75 Å². The van der Waals surface area contributed by atoms with Crippen LogP contribution >= 0.6 is 27.7 Å². The SMILES string of the molecule is COc1ccc(-n2c(SCC(=O)Nc3c(F)cc(F)cc3Br)nnc2-c2cccnc2)cc1. The van der Waals surface area contributed by atoms with Gasteiger partial charge in [-0.05, 0) is 58.4 Å². The number of hydrogen-bond acceptors (Lipinski definition) is 6. The second-order valence-electron chi connectivity index (χ2n) is 6.66. The zero-order valence-corrected chi connectivity index (χ0v) is 19.5. The monoisotopic (exact) mass is 531 g/mol. The number of amides is 1. The lowest BCUT2D eigenvalue weighted by molar-refractivity contribution is -0.113. The summed E-state index contributed by atoms with van der Waals surface area (Å²) >= 11 is 4.18. The van der Waals surface area contributed by atoms with Crippen molar-refractivity contribution in [2.45, 2.75) is 5.16 Å². The molecule has 2 heterocycles. The molecule has 168 valence electrons. The Morgan fingerprint density at radius 2 is 1.97 bits per heavy atom. The van der Waals surface area contributed by atoms with Crippen molar-refractivity contribution in [1.29, 1.82) is 0 Å². The number of methoxy groups -OCH3 is 1. The zero-order valence-electron chi connectivity index (χ0n) is 17.1. The predicted octanol–water partition coefficient (Wildman–Crippen LogP) is 5.11. The number of hydrogen-bond donors (Lipinski definition) is 1. The molecule has 0 aliphatic rings. The van der Waals surface area contributed by atoms with E-state index >= 15 is 0 Å². The molecule has 0 saturated carbocycles. The first-order valence-corrected chi connectivity index (χ1v) is 11.3. The molecule has 0 saturated heterocycles. The Kier molecular flexibility index (Phi) is 6.99. The van der Waals surface area contributed by atoms with Gasteiger partial charge in [0.05, 0.1) is 18.6 Å². The number of ether oxygens (including phenoxy) is 1. The van der Waals surface area contributed by atoms with E-state index < -0.39 is 17.5 Å². The first kappa shape index (κ1) is 22.9.